The molecule has 4 nitrogen and oxygen atoms in total. The highest BCUT2D eigenvalue weighted by molar-refractivity contribution is 6.34. The number of aromatic hydroxyl groups is 1. The largest absolute Gasteiger partial charge is 0.573 e. The minimum atomic E-state index is -4.76. The van der Waals surface area contributed by atoms with Crippen LogP contribution < -0.4 is 4.74 Å². The smallest absolute Gasteiger partial charge is 0.492 e. The van der Waals surface area contributed by atoms with Gasteiger partial charge in [-0.25, -0.2) is 4.68 Å². The van der Waals surface area contributed by atoms with E-state index >= 15 is 0 Å². The van der Waals surface area contributed by atoms with Gasteiger partial charge in [-0.3, -0.25) is 0 Å². The summed E-state index contributed by atoms with van der Waals surface area (Å²) in [5.41, 5.74) is 1.32. The average molecular weight is 389 g/mol. The summed E-state index contributed by atoms with van der Waals surface area (Å²) in [4.78, 5) is 0. The second kappa shape index (κ2) is 6.50. The van der Waals surface area contributed by atoms with Crippen molar-refractivity contribution in [2.75, 3.05) is 0 Å². The molecule has 0 aliphatic rings. The molecule has 0 aliphatic carbocycles. The molecule has 1 heterocycles. The van der Waals surface area contributed by atoms with Crippen molar-refractivity contribution in [3.05, 3.63) is 58.7 Å². The van der Waals surface area contributed by atoms with Crippen molar-refractivity contribution in [2.24, 2.45) is 0 Å². The van der Waals surface area contributed by atoms with Crippen LogP contribution >= 0.6 is 23.2 Å². The Hall–Kier alpha value is -2.38. The normalized spacial score (nSPS) is 11.6. The number of nitrogens with zero attached hydrogens (tertiary/aromatic N) is 2. The van der Waals surface area contributed by atoms with E-state index in [4.69, 9.17) is 23.2 Å². The van der Waals surface area contributed by atoms with Crippen LogP contribution in [0.25, 0.3) is 16.8 Å². The SMILES string of the molecule is Oc1nn(-c2cc(Cl)cc(Cl)c2)cc1-c1ccc(OC(F)(F)F)cc1. The highest BCUT2D eigenvalue weighted by atomic mass is 35.5. The number of hydrogen-bond acceptors (Lipinski definition) is 3. The molecule has 1 N–H and O–H groups in total. The molecule has 0 radical (unpaired) electrons. The fourth-order valence-electron chi connectivity index (χ4n) is 2.21. The second-order valence-electron chi connectivity index (χ2n) is 5.01. The predicted molar refractivity (Wildman–Crippen MR) is 87.4 cm³/mol. The van der Waals surface area contributed by atoms with Gasteiger partial charge in [0.05, 0.1) is 11.3 Å². The summed E-state index contributed by atoms with van der Waals surface area (Å²) in [7, 11) is 0. The number of halogens is 5. The molecule has 0 fully saturated rings. The van der Waals surface area contributed by atoms with Gasteiger partial charge in [0.2, 0.25) is 5.88 Å². The van der Waals surface area contributed by atoms with Gasteiger partial charge < -0.3 is 9.84 Å². The summed E-state index contributed by atoms with van der Waals surface area (Å²) in [6, 6.07) is 9.82. The maximum atomic E-state index is 12.2. The number of aromatic nitrogens is 2. The number of alkyl halides is 3. The Labute approximate surface area is 150 Å². The minimum Gasteiger partial charge on any atom is -0.492 e. The Morgan fingerprint density at radius 3 is 2.16 bits per heavy atom. The van der Waals surface area contributed by atoms with Crippen LogP contribution in [0.15, 0.2) is 48.7 Å². The van der Waals surface area contributed by atoms with Crippen molar-refractivity contribution in [1.29, 1.82) is 0 Å². The van der Waals surface area contributed by atoms with Crippen molar-refractivity contribution in [3.63, 3.8) is 0 Å². The quantitative estimate of drug-likeness (QED) is 0.648. The van der Waals surface area contributed by atoms with E-state index in [-0.39, 0.29) is 11.6 Å². The number of benzene rings is 2. The second-order valence-corrected chi connectivity index (χ2v) is 5.88. The molecule has 3 rings (SSSR count). The fourth-order valence-corrected chi connectivity index (χ4v) is 2.72. The van der Waals surface area contributed by atoms with Gasteiger partial charge in [-0.2, -0.15) is 0 Å². The van der Waals surface area contributed by atoms with Gasteiger partial charge in [-0.15, -0.1) is 18.3 Å². The van der Waals surface area contributed by atoms with Crippen LogP contribution in [-0.2, 0) is 0 Å². The van der Waals surface area contributed by atoms with Crippen molar-refractivity contribution >= 4 is 23.2 Å². The summed E-state index contributed by atoms with van der Waals surface area (Å²) in [6.07, 6.45) is -3.25. The molecular formula is C16H9Cl2F3N2O2. The third kappa shape index (κ3) is 4.18. The molecule has 0 bridgehead atoms. The van der Waals surface area contributed by atoms with Crippen molar-refractivity contribution < 1.29 is 23.0 Å². The van der Waals surface area contributed by atoms with Crippen LogP contribution in [0, 0.1) is 0 Å². The highest BCUT2D eigenvalue weighted by Gasteiger charge is 2.31. The Balaban J connectivity index is 1.92. The lowest BCUT2D eigenvalue weighted by Crippen LogP contribution is -2.16. The van der Waals surface area contributed by atoms with Crippen molar-refractivity contribution in [2.45, 2.75) is 6.36 Å². The van der Waals surface area contributed by atoms with Gasteiger partial charge in [0, 0.05) is 16.2 Å². The Kier molecular flexibility index (Phi) is 4.53. The molecule has 0 amide bonds. The first kappa shape index (κ1) is 17.4. The molecule has 0 unspecified atom stereocenters. The molecule has 1 aromatic heterocycles. The van der Waals surface area contributed by atoms with Crippen LogP contribution in [0.4, 0.5) is 13.2 Å². The van der Waals surface area contributed by atoms with E-state index < -0.39 is 6.36 Å². The Morgan fingerprint density at radius 2 is 1.60 bits per heavy atom. The number of hydrogen-bond donors (Lipinski definition) is 1. The average Bonchev–Trinajstić information content (AvgIpc) is 2.87. The van der Waals surface area contributed by atoms with E-state index in [1.165, 1.54) is 23.0 Å². The maximum Gasteiger partial charge on any atom is 0.573 e. The number of ether oxygens (including phenoxy) is 1. The molecule has 9 heteroatoms. The lowest BCUT2D eigenvalue weighted by atomic mass is 10.1. The van der Waals surface area contributed by atoms with Gasteiger partial charge in [-0.05, 0) is 35.9 Å². The zero-order valence-electron chi connectivity index (χ0n) is 12.3. The number of rotatable bonds is 3. The first-order valence-corrected chi connectivity index (χ1v) is 7.58. The molecular weight excluding hydrogens is 380 g/mol. The lowest BCUT2D eigenvalue weighted by molar-refractivity contribution is -0.274. The molecule has 0 spiro atoms. The Bertz CT molecular complexity index is 888. The minimum absolute atomic E-state index is 0.291. The first-order chi connectivity index (χ1) is 11.7. The summed E-state index contributed by atoms with van der Waals surface area (Å²) in [5, 5.41) is 14.8. The molecule has 0 saturated carbocycles. The summed E-state index contributed by atoms with van der Waals surface area (Å²) < 4.78 is 41.7. The summed E-state index contributed by atoms with van der Waals surface area (Å²) in [6.45, 7) is 0. The van der Waals surface area contributed by atoms with Crippen LogP contribution in [-0.4, -0.2) is 21.2 Å². The van der Waals surface area contributed by atoms with E-state index in [0.717, 1.165) is 12.1 Å². The molecule has 3 aromatic rings. The summed E-state index contributed by atoms with van der Waals surface area (Å²) in [5.74, 6) is -0.648. The first-order valence-electron chi connectivity index (χ1n) is 6.82. The third-order valence-corrected chi connectivity index (χ3v) is 3.64. The molecule has 0 saturated heterocycles. The molecule has 130 valence electrons. The van der Waals surface area contributed by atoms with Crippen molar-refractivity contribution in [1.82, 2.24) is 9.78 Å². The molecule has 25 heavy (non-hydrogen) atoms. The van der Waals surface area contributed by atoms with Crippen LogP contribution in [0.2, 0.25) is 10.0 Å². The van der Waals surface area contributed by atoms with Gasteiger partial charge >= 0.3 is 6.36 Å². The predicted octanol–water partition coefficient (Wildman–Crippen LogP) is 5.45. The fraction of sp³-hybridized carbons (Fsp3) is 0.0625. The lowest BCUT2D eigenvalue weighted by Gasteiger charge is -2.08. The van der Waals surface area contributed by atoms with Gasteiger partial charge in [0.1, 0.15) is 5.75 Å². The molecule has 0 aliphatic heterocycles. The van der Waals surface area contributed by atoms with Gasteiger partial charge in [-0.1, -0.05) is 35.3 Å². The third-order valence-electron chi connectivity index (χ3n) is 3.21. The van der Waals surface area contributed by atoms with E-state index in [9.17, 15) is 18.3 Å². The zero-order chi connectivity index (χ0) is 18.2. The van der Waals surface area contributed by atoms with Crippen LogP contribution in [0.1, 0.15) is 0 Å². The zero-order valence-corrected chi connectivity index (χ0v) is 13.8. The van der Waals surface area contributed by atoms with Crippen LogP contribution in [0.5, 0.6) is 11.6 Å². The van der Waals surface area contributed by atoms with Gasteiger partial charge in [0.15, 0.2) is 0 Å². The molecule has 2 aromatic carbocycles. The monoisotopic (exact) mass is 388 g/mol. The topological polar surface area (TPSA) is 47.3 Å². The Morgan fingerprint density at radius 1 is 1.00 bits per heavy atom. The maximum absolute atomic E-state index is 12.2. The van der Waals surface area contributed by atoms with Crippen molar-refractivity contribution in [3.8, 4) is 28.4 Å². The molecule has 0 atom stereocenters. The summed E-state index contributed by atoms with van der Waals surface area (Å²) >= 11 is 11.9. The van der Waals surface area contributed by atoms with E-state index in [1.807, 2.05) is 0 Å². The van der Waals surface area contributed by atoms with E-state index in [2.05, 4.69) is 9.84 Å². The van der Waals surface area contributed by atoms with E-state index in [0.29, 0.717) is 26.9 Å². The van der Waals surface area contributed by atoms with E-state index in [1.54, 1.807) is 18.2 Å². The van der Waals surface area contributed by atoms with Gasteiger partial charge in [0.25, 0.3) is 0 Å². The standard InChI is InChI=1S/C16H9Cl2F3N2O2/c17-10-5-11(18)7-12(6-10)23-8-14(15(24)22-23)9-1-3-13(4-2-9)25-16(19,20)21/h1-8H,(H,22,24). The van der Waals surface area contributed by atoms with Crippen LogP contribution in [0.3, 0.4) is 0 Å². The highest BCUT2D eigenvalue weighted by Crippen LogP contribution is 2.32.